The molecule has 3 atom stereocenters. The first-order valence-electron chi connectivity index (χ1n) is 8.98. The minimum absolute atomic E-state index is 0.0148. The molecule has 0 aromatic heterocycles. The van der Waals surface area contributed by atoms with Crippen LogP contribution in [-0.4, -0.2) is 17.7 Å². The van der Waals surface area contributed by atoms with Crippen molar-refractivity contribution in [2.45, 2.75) is 25.2 Å². The molecule has 6 heteroatoms. The van der Waals surface area contributed by atoms with E-state index in [0.717, 1.165) is 23.2 Å². The Hall–Kier alpha value is -2.66. The Morgan fingerprint density at radius 2 is 1.78 bits per heavy atom. The van der Waals surface area contributed by atoms with E-state index in [1.165, 1.54) is 0 Å². The SMILES string of the molecule is O=C1CC(Cc2ccc(NC(=O)C3CC3c3ccc(Cl)cc3)cc2)C(=O)N1. The van der Waals surface area contributed by atoms with E-state index in [2.05, 4.69) is 10.6 Å². The van der Waals surface area contributed by atoms with Gasteiger partial charge >= 0.3 is 0 Å². The molecule has 2 fully saturated rings. The molecule has 5 nitrogen and oxygen atoms in total. The van der Waals surface area contributed by atoms with Gasteiger partial charge in [0.2, 0.25) is 17.7 Å². The van der Waals surface area contributed by atoms with Crippen LogP contribution in [-0.2, 0) is 20.8 Å². The molecule has 4 rings (SSSR count). The second kappa shape index (κ2) is 7.16. The maximum Gasteiger partial charge on any atom is 0.230 e. The molecule has 0 radical (unpaired) electrons. The lowest BCUT2D eigenvalue weighted by atomic mass is 9.98. The zero-order valence-electron chi connectivity index (χ0n) is 14.6. The Bertz CT molecular complexity index is 893. The third kappa shape index (κ3) is 4.03. The molecule has 1 saturated carbocycles. The molecule has 2 aromatic carbocycles. The van der Waals surface area contributed by atoms with Crippen LogP contribution in [0.2, 0.25) is 5.02 Å². The van der Waals surface area contributed by atoms with Gasteiger partial charge in [0.15, 0.2) is 0 Å². The minimum atomic E-state index is -0.301. The number of anilines is 1. The molecule has 2 aliphatic rings. The van der Waals surface area contributed by atoms with Crippen LogP contribution in [0, 0.1) is 11.8 Å². The van der Waals surface area contributed by atoms with E-state index in [0.29, 0.717) is 11.4 Å². The van der Waals surface area contributed by atoms with Gasteiger partial charge in [-0.15, -0.1) is 0 Å². The van der Waals surface area contributed by atoms with Crippen LogP contribution in [0.3, 0.4) is 0 Å². The summed E-state index contributed by atoms with van der Waals surface area (Å²) < 4.78 is 0. The van der Waals surface area contributed by atoms with Gasteiger partial charge in [0.25, 0.3) is 0 Å². The minimum Gasteiger partial charge on any atom is -0.326 e. The van der Waals surface area contributed by atoms with Crippen molar-refractivity contribution in [2.24, 2.45) is 11.8 Å². The highest BCUT2D eigenvalue weighted by molar-refractivity contribution is 6.30. The van der Waals surface area contributed by atoms with Crippen LogP contribution < -0.4 is 10.6 Å². The molecule has 2 N–H and O–H groups in total. The number of imide groups is 1. The number of nitrogens with one attached hydrogen (secondary N) is 2. The lowest BCUT2D eigenvalue weighted by molar-refractivity contribution is -0.125. The van der Waals surface area contributed by atoms with Crippen molar-refractivity contribution in [3.8, 4) is 0 Å². The van der Waals surface area contributed by atoms with E-state index in [-0.39, 0.29) is 41.9 Å². The van der Waals surface area contributed by atoms with Gasteiger partial charge in [-0.2, -0.15) is 0 Å². The van der Waals surface area contributed by atoms with Crippen LogP contribution in [0.1, 0.15) is 29.9 Å². The second-order valence-corrected chi connectivity index (χ2v) is 7.64. The van der Waals surface area contributed by atoms with Crippen molar-refractivity contribution in [3.63, 3.8) is 0 Å². The largest absolute Gasteiger partial charge is 0.326 e. The highest BCUT2D eigenvalue weighted by atomic mass is 35.5. The smallest absolute Gasteiger partial charge is 0.230 e. The van der Waals surface area contributed by atoms with E-state index in [1.54, 1.807) is 0 Å². The van der Waals surface area contributed by atoms with Crippen LogP contribution in [0.25, 0.3) is 0 Å². The molecular formula is C21H19ClN2O3. The Balaban J connectivity index is 1.32. The lowest BCUT2D eigenvalue weighted by Gasteiger charge is -2.09. The van der Waals surface area contributed by atoms with E-state index in [4.69, 9.17) is 11.6 Å². The van der Waals surface area contributed by atoms with Gasteiger partial charge in [0.05, 0.1) is 5.92 Å². The fourth-order valence-electron chi connectivity index (χ4n) is 3.58. The molecule has 1 heterocycles. The Morgan fingerprint density at radius 1 is 1.07 bits per heavy atom. The molecule has 3 amide bonds. The topological polar surface area (TPSA) is 75.3 Å². The summed E-state index contributed by atoms with van der Waals surface area (Å²) in [5.74, 6) is -0.472. The molecule has 3 unspecified atom stereocenters. The zero-order valence-corrected chi connectivity index (χ0v) is 15.3. The Labute approximate surface area is 162 Å². The fourth-order valence-corrected chi connectivity index (χ4v) is 3.70. The van der Waals surface area contributed by atoms with Crippen LogP contribution in [0.15, 0.2) is 48.5 Å². The number of carbonyl (C=O) groups excluding carboxylic acids is 3. The first kappa shape index (κ1) is 17.7. The average Bonchev–Trinajstić information content (AvgIpc) is 3.38. The first-order valence-corrected chi connectivity index (χ1v) is 9.36. The van der Waals surface area contributed by atoms with Gasteiger partial charge < -0.3 is 5.32 Å². The van der Waals surface area contributed by atoms with E-state index < -0.39 is 0 Å². The van der Waals surface area contributed by atoms with Gasteiger partial charge in [0.1, 0.15) is 0 Å². The average molecular weight is 383 g/mol. The van der Waals surface area contributed by atoms with Gasteiger partial charge in [-0.05, 0) is 54.2 Å². The fraction of sp³-hybridized carbons (Fsp3) is 0.286. The number of rotatable bonds is 5. The summed E-state index contributed by atoms with van der Waals surface area (Å²) in [7, 11) is 0. The van der Waals surface area contributed by atoms with Crippen molar-refractivity contribution >= 4 is 35.0 Å². The molecule has 1 aliphatic heterocycles. The van der Waals surface area contributed by atoms with Crippen LogP contribution in [0.4, 0.5) is 5.69 Å². The van der Waals surface area contributed by atoms with Crippen molar-refractivity contribution < 1.29 is 14.4 Å². The molecule has 0 bridgehead atoms. The number of carbonyl (C=O) groups is 3. The molecule has 0 spiro atoms. The molecule has 138 valence electrons. The quantitative estimate of drug-likeness (QED) is 0.779. The van der Waals surface area contributed by atoms with E-state index in [1.807, 2.05) is 48.5 Å². The number of hydrogen-bond acceptors (Lipinski definition) is 3. The molecule has 27 heavy (non-hydrogen) atoms. The highest BCUT2D eigenvalue weighted by Crippen LogP contribution is 2.48. The maximum absolute atomic E-state index is 12.4. The maximum atomic E-state index is 12.4. The molecule has 1 saturated heterocycles. The molecule has 2 aromatic rings. The summed E-state index contributed by atoms with van der Waals surface area (Å²) in [6.07, 6.45) is 1.61. The standard InChI is InChI=1S/C21H19ClN2O3/c22-15-5-3-13(4-6-15)17-11-18(17)21(27)23-16-7-1-12(2-8-16)9-14-10-19(25)24-20(14)26/h1-8,14,17-18H,9-11H2,(H,23,27)(H,24,25,26). The van der Waals surface area contributed by atoms with Crippen molar-refractivity contribution in [2.75, 3.05) is 5.32 Å². The van der Waals surface area contributed by atoms with Crippen LogP contribution in [0.5, 0.6) is 0 Å². The van der Waals surface area contributed by atoms with E-state index in [9.17, 15) is 14.4 Å². The number of amides is 3. The van der Waals surface area contributed by atoms with Gasteiger partial charge in [-0.3, -0.25) is 19.7 Å². The van der Waals surface area contributed by atoms with E-state index >= 15 is 0 Å². The third-order valence-electron chi connectivity index (χ3n) is 5.19. The third-order valence-corrected chi connectivity index (χ3v) is 5.45. The van der Waals surface area contributed by atoms with Crippen molar-refractivity contribution in [1.29, 1.82) is 0 Å². The van der Waals surface area contributed by atoms with Gasteiger partial charge in [-0.25, -0.2) is 0 Å². The Kier molecular flexibility index (Phi) is 4.70. The monoisotopic (exact) mass is 382 g/mol. The number of benzene rings is 2. The summed E-state index contributed by atoms with van der Waals surface area (Å²) in [5.41, 5.74) is 2.84. The van der Waals surface area contributed by atoms with Gasteiger partial charge in [0, 0.05) is 23.0 Å². The van der Waals surface area contributed by atoms with Crippen molar-refractivity contribution in [3.05, 3.63) is 64.7 Å². The highest BCUT2D eigenvalue weighted by Gasteiger charge is 2.43. The normalized spacial score (nSPS) is 23.8. The summed E-state index contributed by atoms with van der Waals surface area (Å²) in [6, 6.07) is 15.1. The summed E-state index contributed by atoms with van der Waals surface area (Å²) >= 11 is 5.91. The molecule has 1 aliphatic carbocycles. The number of hydrogen-bond donors (Lipinski definition) is 2. The summed E-state index contributed by atoms with van der Waals surface area (Å²) in [6.45, 7) is 0. The first-order chi connectivity index (χ1) is 13.0. The summed E-state index contributed by atoms with van der Waals surface area (Å²) in [5, 5.41) is 5.97. The second-order valence-electron chi connectivity index (χ2n) is 7.20. The number of halogens is 1. The summed E-state index contributed by atoms with van der Waals surface area (Å²) in [4.78, 5) is 35.4. The predicted octanol–water partition coefficient (Wildman–Crippen LogP) is 3.29. The zero-order chi connectivity index (χ0) is 19.0. The Morgan fingerprint density at radius 3 is 2.41 bits per heavy atom. The lowest BCUT2D eigenvalue weighted by Crippen LogP contribution is -2.22. The van der Waals surface area contributed by atoms with Crippen LogP contribution >= 0.6 is 11.6 Å². The van der Waals surface area contributed by atoms with Gasteiger partial charge in [-0.1, -0.05) is 35.9 Å². The predicted molar refractivity (Wildman–Crippen MR) is 102 cm³/mol. The van der Waals surface area contributed by atoms with Crippen molar-refractivity contribution in [1.82, 2.24) is 5.32 Å². The molecular weight excluding hydrogens is 364 g/mol.